The minimum atomic E-state index is -1.05. The van der Waals surface area contributed by atoms with Crippen LogP contribution in [-0.4, -0.2) is 78.8 Å². The molecule has 2 rings (SSSR count). The minimum absolute atomic E-state index is 0. The molecule has 0 aromatic heterocycles. The van der Waals surface area contributed by atoms with E-state index in [9.17, 15) is 24.0 Å². The molecule has 0 unspecified atom stereocenters. The molecule has 1 aromatic rings. The van der Waals surface area contributed by atoms with Crippen LogP contribution >= 0.6 is 12.6 Å². The van der Waals surface area contributed by atoms with Crippen molar-refractivity contribution in [3.63, 3.8) is 0 Å². The monoisotopic (exact) mass is 831 g/mol. The number of carbonyl (C=O) groups excluding carboxylic acids is 5. The standard InChI is InChI=1S/C39H60N3O8.CH4S.Rb/c1-34(2,25-35(3,4)32(46)41-36(5,6)26-49-39(11,12)33(47)40-13)24-27-15-16-28(42-30(44)17-18-31(42)45)23-29(27)50-38(9,10)20-22-48-37(7,8)19-14-21-43;1-2;/h15-18,23H,14,19-20,22,24-26H2,1-13H3,(H,40,47)(H,41,46);2H,1H3;/q-1;;+1. The zero-order valence-electron chi connectivity index (χ0n) is 35.0. The van der Waals surface area contributed by atoms with Gasteiger partial charge in [0.2, 0.25) is 5.91 Å². The Labute approximate surface area is 373 Å². The summed E-state index contributed by atoms with van der Waals surface area (Å²) in [4.78, 5) is 62.8. The largest absolute Gasteiger partial charge is 1.00 e. The normalized spacial score (nSPS) is 13.9. The first-order valence-electron chi connectivity index (χ1n) is 17.8. The first-order chi connectivity index (χ1) is 23.8. The number of hydrogen-bond donors (Lipinski definition) is 3. The maximum absolute atomic E-state index is 13.7. The van der Waals surface area contributed by atoms with Crippen LogP contribution in [0.2, 0.25) is 0 Å². The third kappa shape index (κ3) is 17.1. The number of benzene rings is 1. The molecule has 13 heteroatoms. The molecule has 53 heavy (non-hydrogen) atoms. The number of ether oxygens (including phenoxy) is 3. The molecule has 1 aliphatic heterocycles. The van der Waals surface area contributed by atoms with Crippen molar-refractivity contribution in [2.45, 2.75) is 138 Å². The van der Waals surface area contributed by atoms with Crippen LogP contribution in [-0.2, 0) is 39.9 Å². The minimum Gasteiger partial charge on any atom is -0.542 e. The summed E-state index contributed by atoms with van der Waals surface area (Å²) in [5, 5.41) is 5.71. The summed E-state index contributed by atoms with van der Waals surface area (Å²) in [6.07, 6.45) is 8.54. The van der Waals surface area contributed by atoms with Crippen molar-refractivity contribution in [2.75, 3.05) is 31.4 Å². The Kier molecular flexibility index (Phi) is 20.6. The van der Waals surface area contributed by atoms with Crippen LogP contribution in [0.3, 0.4) is 0 Å². The number of thiol groups is 1. The van der Waals surface area contributed by atoms with Gasteiger partial charge in [0.05, 0.1) is 30.0 Å². The molecule has 0 saturated carbocycles. The maximum atomic E-state index is 13.7. The van der Waals surface area contributed by atoms with E-state index >= 15 is 0 Å². The molecule has 1 aliphatic rings. The second-order valence-electron chi connectivity index (χ2n) is 17.1. The molecule has 1 heterocycles. The molecular formula is C40H64N3O8RbS. The number of anilines is 1. The molecule has 0 aliphatic carbocycles. The van der Waals surface area contributed by atoms with Gasteiger partial charge in [-0.3, -0.25) is 25.5 Å². The SMILES string of the molecule is CNC(=O)C(C)(C)OCC(C)(C)NC(=O)C(C)(C)CC(C)(C)Cc1ccc(N2C(=O)C=CC2=O)cc1OC(C)(C)CCOC(C)(C)CC[C-]=O.CS.[Rb+]. The van der Waals surface area contributed by atoms with Crippen molar-refractivity contribution in [3.05, 3.63) is 35.9 Å². The van der Waals surface area contributed by atoms with E-state index in [4.69, 9.17) is 14.2 Å². The van der Waals surface area contributed by atoms with Gasteiger partial charge in [-0.15, -0.1) is 6.42 Å². The topological polar surface area (TPSA) is 140 Å². The second-order valence-corrected chi connectivity index (χ2v) is 17.1. The molecule has 0 bridgehead atoms. The smallest absolute Gasteiger partial charge is 0.542 e. The van der Waals surface area contributed by atoms with E-state index in [2.05, 4.69) is 37.1 Å². The van der Waals surface area contributed by atoms with E-state index in [1.807, 2.05) is 67.7 Å². The van der Waals surface area contributed by atoms with Gasteiger partial charge in [-0.25, -0.2) is 4.90 Å². The fraction of sp³-hybridized carbons (Fsp3) is 0.675. The Bertz CT molecular complexity index is 1440. The maximum Gasteiger partial charge on any atom is 1.00 e. The zero-order valence-corrected chi connectivity index (χ0v) is 40.8. The third-order valence-corrected chi connectivity index (χ3v) is 8.75. The molecule has 0 fully saturated rings. The van der Waals surface area contributed by atoms with Crippen molar-refractivity contribution >= 4 is 48.2 Å². The molecule has 0 atom stereocenters. The van der Waals surface area contributed by atoms with Gasteiger partial charge in [0, 0.05) is 37.1 Å². The van der Waals surface area contributed by atoms with Crippen LogP contribution in [0.4, 0.5) is 5.69 Å². The summed E-state index contributed by atoms with van der Waals surface area (Å²) < 4.78 is 18.6. The van der Waals surface area contributed by atoms with E-state index in [1.54, 1.807) is 39.3 Å². The van der Waals surface area contributed by atoms with Gasteiger partial charge < -0.3 is 29.6 Å². The number of hydrogen-bond acceptors (Lipinski definition) is 9. The predicted molar refractivity (Wildman–Crippen MR) is 209 cm³/mol. The first-order valence-corrected chi connectivity index (χ1v) is 18.7. The molecule has 11 nitrogen and oxygen atoms in total. The zero-order chi connectivity index (χ0) is 40.3. The van der Waals surface area contributed by atoms with Gasteiger partial charge in [-0.2, -0.15) is 12.6 Å². The number of rotatable bonds is 20. The summed E-state index contributed by atoms with van der Waals surface area (Å²) in [6.45, 7) is 23.4. The molecular weight excluding hydrogens is 768 g/mol. The number of nitrogens with one attached hydrogen (secondary N) is 2. The second kappa shape index (κ2) is 21.2. The van der Waals surface area contributed by atoms with Gasteiger partial charge in [0.1, 0.15) is 17.0 Å². The Morgan fingerprint density at radius 2 is 1.40 bits per heavy atom. The summed E-state index contributed by atoms with van der Waals surface area (Å²) in [5.41, 5.74) is -2.87. The van der Waals surface area contributed by atoms with Crippen LogP contribution in [0.25, 0.3) is 0 Å². The summed E-state index contributed by atoms with van der Waals surface area (Å²) in [5.74, 6) is -0.705. The molecule has 0 spiro atoms. The number of likely N-dealkylation sites (N-methyl/N-ethyl adjacent to an activating group) is 1. The molecule has 2 N–H and O–H groups in total. The molecule has 294 valence electrons. The summed E-state index contributed by atoms with van der Waals surface area (Å²) in [7, 11) is 1.55. The average molecular weight is 832 g/mol. The Morgan fingerprint density at radius 3 is 1.92 bits per heavy atom. The fourth-order valence-electron chi connectivity index (χ4n) is 6.02. The van der Waals surface area contributed by atoms with Crippen LogP contribution in [0.5, 0.6) is 5.75 Å². The molecule has 0 saturated heterocycles. The average Bonchev–Trinajstić information content (AvgIpc) is 3.36. The van der Waals surface area contributed by atoms with Crippen LogP contribution in [0.1, 0.15) is 114 Å². The third-order valence-electron chi connectivity index (χ3n) is 8.75. The number of imide groups is 1. The van der Waals surface area contributed by atoms with Gasteiger partial charge in [0.15, 0.2) is 0 Å². The van der Waals surface area contributed by atoms with E-state index in [0.717, 1.165) is 10.5 Å². The van der Waals surface area contributed by atoms with Crippen molar-refractivity contribution in [1.82, 2.24) is 10.6 Å². The van der Waals surface area contributed by atoms with Gasteiger partial charge in [0.25, 0.3) is 17.7 Å². The Morgan fingerprint density at radius 1 is 0.830 bits per heavy atom. The first kappa shape index (κ1) is 51.6. The van der Waals surface area contributed by atoms with Gasteiger partial charge >= 0.3 is 58.2 Å². The van der Waals surface area contributed by atoms with Crippen molar-refractivity contribution in [3.8, 4) is 5.75 Å². The van der Waals surface area contributed by atoms with Gasteiger partial charge in [-0.05, 0) is 98.0 Å². The Balaban J connectivity index is 0.00000885. The van der Waals surface area contributed by atoms with Gasteiger partial charge in [-0.1, -0.05) is 33.8 Å². The van der Waals surface area contributed by atoms with Crippen LogP contribution in [0.15, 0.2) is 30.4 Å². The summed E-state index contributed by atoms with van der Waals surface area (Å²) in [6, 6.07) is 5.34. The van der Waals surface area contributed by atoms with Crippen LogP contribution in [0, 0.1) is 10.8 Å². The van der Waals surface area contributed by atoms with E-state index < -0.39 is 45.0 Å². The number of amides is 4. The Hall–Kier alpha value is -1.41. The van der Waals surface area contributed by atoms with Crippen molar-refractivity contribution in [1.29, 1.82) is 0 Å². The van der Waals surface area contributed by atoms with Crippen molar-refractivity contribution < 1.29 is 96.4 Å². The quantitative estimate of drug-likeness (QED) is 0.103. The number of nitrogens with zero attached hydrogens (tertiary/aromatic N) is 1. The van der Waals surface area contributed by atoms with Crippen molar-refractivity contribution in [2.24, 2.45) is 10.8 Å². The summed E-state index contributed by atoms with van der Waals surface area (Å²) >= 11 is 3.53. The van der Waals surface area contributed by atoms with E-state index in [0.29, 0.717) is 50.1 Å². The van der Waals surface area contributed by atoms with Crippen LogP contribution < -0.4 is 78.5 Å². The molecule has 1 aromatic carbocycles. The fourth-order valence-corrected chi connectivity index (χ4v) is 6.02. The molecule has 0 radical (unpaired) electrons. The van der Waals surface area contributed by atoms with E-state index in [1.165, 1.54) is 12.2 Å². The van der Waals surface area contributed by atoms with E-state index in [-0.39, 0.29) is 76.6 Å². The number of carbonyl (C=O) groups is 4. The predicted octanol–water partition coefficient (Wildman–Crippen LogP) is 3.32. The molecule has 4 amide bonds.